The van der Waals surface area contributed by atoms with Crippen molar-refractivity contribution >= 4 is 23.8 Å². The maximum Gasteiger partial charge on any atom is 0.417 e. The normalized spacial score (nSPS) is 15.1. The van der Waals surface area contributed by atoms with Crippen molar-refractivity contribution in [2.45, 2.75) is 43.3 Å². The summed E-state index contributed by atoms with van der Waals surface area (Å²) in [7, 11) is 0. The average Bonchev–Trinajstić information content (AvgIpc) is 3.33. The molecule has 0 amide bonds. The zero-order valence-electron chi connectivity index (χ0n) is 13.5. The van der Waals surface area contributed by atoms with Crippen LogP contribution >= 0.6 is 12.6 Å². The number of imidazole rings is 1. The Bertz CT molecular complexity index is 958. The van der Waals surface area contributed by atoms with Gasteiger partial charge in [0.2, 0.25) is 0 Å². The molecule has 3 aromatic rings. The molecule has 0 spiro atoms. The quantitative estimate of drug-likeness (QED) is 0.640. The Morgan fingerprint density at radius 2 is 2.04 bits per heavy atom. The standard InChI is InChI=1S/C18H16F3N3S/c1-2-12-13(4-3-5-15(12)25)16-23-14-8-10(18(19,20)21)9-22-17(14)24(16)11-6-7-11/h3-5,8-9,11,25H,2,6-7H2,1H3. The van der Waals surface area contributed by atoms with Gasteiger partial charge in [0.25, 0.3) is 0 Å². The van der Waals surface area contributed by atoms with E-state index in [1.807, 2.05) is 29.7 Å². The highest BCUT2D eigenvalue weighted by Crippen LogP contribution is 2.42. The lowest BCUT2D eigenvalue weighted by Gasteiger charge is -2.12. The second-order valence-electron chi connectivity index (χ2n) is 6.26. The van der Waals surface area contributed by atoms with Crippen LogP contribution in [0.3, 0.4) is 0 Å². The molecular weight excluding hydrogens is 347 g/mol. The predicted octanol–water partition coefficient (Wildman–Crippen LogP) is 5.30. The topological polar surface area (TPSA) is 30.7 Å². The first kappa shape index (κ1) is 16.4. The number of nitrogens with zero attached hydrogens (tertiary/aromatic N) is 3. The molecule has 0 bridgehead atoms. The van der Waals surface area contributed by atoms with Gasteiger partial charge in [-0.1, -0.05) is 19.1 Å². The number of thiol groups is 1. The van der Waals surface area contributed by atoms with E-state index in [0.29, 0.717) is 11.5 Å². The Morgan fingerprint density at radius 3 is 2.68 bits per heavy atom. The minimum atomic E-state index is -4.43. The van der Waals surface area contributed by atoms with Gasteiger partial charge in [0.1, 0.15) is 11.3 Å². The van der Waals surface area contributed by atoms with Crippen molar-refractivity contribution in [1.82, 2.24) is 14.5 Å². The Balaban J connectivity index is 1.98. The van der Waals surface area contributed by atoms with Crippen molar-refractivity contribution in [3.05, 3.63) is 41.6 Å². The molecule has 1 fully saturated rings. The minimum Gasteiger partial charge on any atom is -0.306 e. The zero-order chi connectivity index (χ0) is 17.8. The number of halogens is 3. The van der Waals surface area contributed by atoms with Crippen LogP contribution in [0.4, 0.5) is 13.2 Å². The van der Waals surface area contributed by atoms with Gasteiger partial charge in [-0.05, 0) is 37.0 Å². The Morgan fingerprint density at radius 1 is 1.28 bits per heavy atom. The van der Waals surface area contributed by atoms with Gasteiger partial charge in [-0.15, -0.1) is 12.6 Å². The third kappa shape index (κ3) is 2.80. The van der Waals surface area contributed by atoms with E-state index in [2.05, 4.69) is 22.6 Å². The third-order valence-corrected chi connectivity index (χ3v) is 4.93. The van der Waals surface area contributed by atoms with E-state index in [4.69, 9.17) is 0 Å². The highest BCUT2D eigenvalue weighted by molar-refractivity contribution is 7.80. The van der Waals surface area contributed by atoms with Crippen molar-refractivity contribution < 1.29 is 13.2 Å². The summed E-state index contributed by atoms with van der Waals surface area (Å²) in [5.74, 6) is 0.678. The van der Waals surface area contributed by atoms with E-state index >= 15 is 0 Å². The number of alkyl halides is 3. The van der Waals surface area contributed by atoms with Gasteiger partial charge in [0.05, 0.1) is 5.56 Å². The van der Waals surface area contributed by atoms with Gasteiger partial charge >= 0.3 is 6.18 Å². The van der Waals surface area contributed by atoms with Crippen molar-refractivity contribution in [3.8, 4) is 11.4 Å². The zero-order valence-corrected chi connectivity index (χ0v) is 14.4. The molecule has 1 aliphatic rings. The van der Waals surface area contributed by atoms with E-state index in [9.17, 15) is 13.2 Å². The number of aromatic nitrogens is 3. The summed E-state index contributed by atoms with van der Waals surface area (Å²) in [6, 6.07) is 7.08. The minimum absolute atomic E-state index is 0.248. The Labute approximate surface area is 148 Å². The summed E-state index contributed by atoms with van der Waals surface area (Å²) >= 11 is 4.52. The van der Waals surface area contributed by atoms with Crippen molar-refractivity contribution in [2.75, 3.05) is 0 Å². The summed E-state index contributed by atoms with van der Waals surface area (Å²) in [5.41, 5.74) is 1.97. The van der Waals surface area contributed by atoms with Gasteiger partial charge in [-0.2, -0.15) is 13.2 Å². The van der Waals surface area contributed by atoms with Crippen LogP contribution in [0.25, 0.3) is 22.6 Å². The van der Waals surface area contributed by atoms with E-state index in [0.717, 1.165) is 47.5 Å². The second-order valence-corrected chi connectivity index (χ2v) is 6.74. The Hall–Kier alpha value is -2.02. The van der Waals surface area contributed by atoms with Crippen LogP contribution in [0, 0.1) is 0 Å². The highest BCUT2D eigenvalue weighted by Gasteiger charge is 2.34. The largest absolute Gasteiger partial charge is 0.417 e. The summed E-state index contributed by atoms with van der Waals surface area (Å²) < 4.78 is 41.0. The maximum atomic E-state index is 13.0. The van der Waals surface area contributed by atoms with E-state index in [1.54, 1.807) is 0 Å². The van der Waals surface area contributed by atoms with Gasteiger partial charge in [-0.25, -0.2) is 9.97 Å². The first-order valence-corrected chi connectivity index (χ1v) is 8.61. The first-order chi connectivity index (χ1) is 11.9. The average molecular weight is 363 g/mol. The van der Waals surface area contributed by atoms with Gasteiger partial charge in [0, 0.05) is 22.7 Å². The number of pyridine rings is 1. The number of rotatable bonds is 3. The van der Waals surface area contributed by atoms with Crippen LogP contribution in [0.1, 0.15) is 36.9 Å². The van der Waals surface area contributed by atoms with Gasteiger partial charge in [-0.3, -0.25) is 0 Å². The van der Waals surface area contributed by atoms with E-state index < -0.39 is 11.7 Å². The first-order valence-electron chi connectivity index (χ1n) is 8.16. The molecule has 3 nitrogen and oxygen atoms in total. The van der Waals surface area contributed by atoms with Gasteiger partial charge < -0.3 is 4.57 Å². The third-order valence-electron chi connectivity index (χ3n) is 4.52. The molecule has 2 heterocycles. The van der Waals surface area contributed by atoms with E-state index in [-0.39, 0.29) is 11.6 Å². The predicted molar refractivity (Wildman–Crippen MR) is 92.9 cm³/mol. The molecule has 7 heteroatoms. The molecule has 1 aliphatic carbocycles. The van der Waals surface area contributed by atoms with Crippen LogP contribution in [0.15, 0.2) is 35.4 Å². The molecule has 25 heavy (non-hydrogen) atoms. The molecule has 0 aliphatic heterocycles. The number of fused-ring (bicyclic) bond motifs is 1. The van der Waals surface area contributed by atoms with Crippen LogP contribution in [0.5, 0.6) is 0 Å². The summed E-state index contributed by atoms with van der Waals surface area (Å²) in [6.07, 6.45) is -0.788. The smallest absolute Gasteiger partial charge is 0.306 e. The molecule has 0 saturated heterocycles. The van der Waals surface area contributed by atoms with Crippen LogP contribution in [-0.2, 0) is 12.6 Å². The summed E-state index contributed by atoms with van der Waals surface area (Å²) in [5, 5.41) is 0. The lowest BCUT2D eigenvalue weighted by molar-refractivity contribution is -0.137. The van der Waals surface area contributed by atoms with Crippen LogP contribution < -0.4 is 0 Å². The van der Waals surface area contributed by atoms with Crippen LogP contribution in [-0.4, -0.2) is 14.5 Å². The molecule has 2 aromatic heterocycles. The monoisotopic (exact) mass is 363 g/mol. The van der Waals surface area contributed by atoms with Crippen molar-refractivity contribution in [1.29, 1.82) is 0 Å². The molecule has 4 rings (SSSR count). The fourth-order valence-corrected chi connectivity index (χ4v) is 3.53. The second kappa shape index (κ2) is 5.76. The molecule has 1 saturated carbocycles. The summed E-state index contributed by atoms with van der Waals surface area (Å²) in [4.78, 5) is 9.49. The molecular formula is C18H16F3N3S. The molecule has 0 unspecified atom stereocenters. The lowest BCUT2D eigenvalue weighted by Crippen LogP contribution is -2.06. The fraction of sp³-hybridized carbons (Fsp3) is 0.333. The van der Waals surface area contributed by atoms with Gasteiger partial charge in [0.15, 0.2) is 5.65 Å². The summed E-state index contributed by atoms with van der Waals surface area (Å²) in [6.45, 7) is 2.03. The van der Waals surface area contributed by atoms with Crippen LogP contribution in [0.2, 0.25) is 0 Å². The SMILES string of the molecule is CCc1c(S)cccc1-c1nc2cc(C(F)(F)F)cnc2n1C1CC1. The molecule has 0 N–H and O–H groups in total. The fourth-order valence-electron chi connectivity index (χ4n) is 3.16. The van der Waals surface area contributed by atoms with Crippen molar-refractivity contribution in [3.63, 3.8) is 0 Å². The molecule has 1 aromatic carbocycles. The highest BCUT2D eigenvalue weighted by atomic mass is 32.1. The van der Waals surface area contributed by atoms with Crippen molar-refractivity contribution in [2.24, 2.45) is 0 Å². The maximum absolute atomic E-state index is 13.0. The van der Waals surface area contributed by atoms with E-state index in [1.165, 1.54) is 0 Å². The molecule has 0 radical (unpaired) electrons. The number of hydrogen-bond donors (Lipinski definition) is 1. The number of hydrogen-bond acceptors (Lipinski definition) is 3. The Kier molecular flexibility index (Phi) is 3.79. The number of benzene rings is 1. The molecule has 130 valence electrons. The lowest BCUT2D eigenvalue weighted by atomic mass is 10.0. The molecule has 0 atom stereocenters.